The van der Waals surface area contributed by atoms with Crippen molar-refractivity contribution < 1.29 is 23.3 Å². The molecule has 1 aliphatic heterocycles. The number of furan rings is 1. The number of fused-ring (bicyclic) bond motifs is 1. The molecule has 47 heavy (non-hydrogen) atoms. The van der Waals surface area contributed by atoms with Gasteiger partial charge in [-0.15, -0.1) is 6.58 Å². The number of aromatic nitrogens is 1. The van der Waals surface area contributed by atoms with Crippen molar-refractivity contribution in [3.8, 4) is 6.07 Å². The van der Waals surface area contributed by atoms with E-state index in [0.29, 0.717) is 31.1 Å². The largest absolute Gasteiger partial charge is 0.482 e. The number of nitriles is 1. The first-order valence-electron chi connectivity index (χ1n) is 16.5. The van der Waals surface area contributed by atoms with Crippen molar-refractivity contribution in [1.29, 1.82) is 5.26 Å². The third-order valence-corrected chi connectivity index (χ3v) is 10.8. The second kappa shape index (κ2) is 12.7. The van der Waals surface area contributed by atoms with Crippen LogP contribution < -0.4 is 5.32 Å². The lowest BCUT2D eigenvalue weighted by atomic mass is 9.43. The number of carbonyl (C=O) groups is 1. The second-order valence-corrected chi connectivity index (χ2v) is 13.8. The van der Waals surface area contributed by atoms with Gasteiger partial charge in [-0.05, 0) is 77.8 Å². The first kappa shape index (κ1) is 31.2. The summed E-state index contributed by atoms with van der Waals surface area (Å²) in [6, 6.07) is 23.9. The van der Waals surface area contributed by atoms with Gasteiger partial charge in [-0.25, -0.2) is 4.79 Å². The zero-order chi connectivity index (χ0) is 32.6. The molecule has 0 radical (unpaired) electrons. The highest BCUT2D eigenvalue weighted by Crippen LogP contribution is 2.66. The topological polar surface area (TPSA) is 107 Å². The highest BCUT2D eigenvalue weighted by molar-refractivity contribution is 6.48. The van der Waals surface area contributed by atoms with Gasteiger partial charge < -0.3 is 23.8 Å². The van der Waals surface area contributed by atoms with E-state index in [9.17, 15) is 10.1 Å². The van der Waals surface area contributed by atoms with E-state index in [1.54, 1.807) is 12.5 Å². The standard InChI is InChI=1S/C38H40BN3O5/c1-4-38-33-21-29(37(33,2)3)22-34(38)46-39(47-38)35(20-28-24-45-32-14-6-5-12-30(28)32)42-36(43)44-17-15-25-10-9-11-26(18-25)19-27(23-40)31-13-7-8-16-41-31/h4-14,16,18,24,27,29,33-35H,1,15,17,19-22H2,2-3H3,(H,42,43)/t27?,29-,33-,34+,35?,38-/m0/s1. The summed E-state index contributed by atoms with van der Waals surface area (Å²) < 4.78 is 25.0. The molecule has 8 rings (SSSR count). The number of pyridine rings is 1. The Hall–Kier alpha value is -4.39. The van der Waals surface area contributed by atoms with E-state index < -0.39 is 24.8 Å². The van der Waals surface area contributed by atoms with Crippen molar-refractivity contribution in [2.45, 2.75) is 69.5 Å². The number of carbonyl (C=O) groups excluding carboxylic acids is 1. The number of hydrogen-bond donors (Lipinski definition) is 1. The zero-order valence-corrected chi connectivity index (χ0v) is 26.9. The molecule has 1 saturated heterocycles. The molecular weight excluding hydrogens is 589 g/mol. The molecule has 3 aliphatic carbocycles. The molecule has 2 bridgehead atoms. The van der Waals surface area contributed by atoms with Crippen LogP contribution in [0.1, 0.15) is 55.0 Å². The van der Waals surface area contributed by atoms with E-state index in [-0.39, 0.29) is 24.0 Å². The molecular formula is C38H40BN3O5. The molecule has 2 aromatic carbocycles. The molecule has 4 aliphatic rings. The van der Waals surface area contributed by atoms with Gasteiger partial charge in [-0.2, -0.15) is 5.26 Å². The first-order valence-corrected chi connectivity index (χ1v) is 16.5. The van der Waals surface area contributed by atoms with E-state index in [1.807, 2.05) is 66.7 Å². The zero-order valence-electron chi connectivity index (χ0n) is 26.9. The third-order valence-electron chi connectivity index (χ3n) is 10.8. The second-order valence-electron chi connectivity index (χ2n) is 13.8. The van der Waals surface area contributed by atoms with Crippen LogP contribution in [0.15, 0.2) is 96.3 Å². The maximum Gasteiger partial charge on any atom is 0.482 e. The summed E-state index contributed by atoms with van der Waals surface area (Å²) in [5.74, 6) is 0.0518. The highest BCUT2D eigenvalue weighted by atomic mass is 16.7. The quantitative estimate of drug-likeness (QED) is 0.141. The number of amides is 1. The number of para-hydroxylation sites is 1. The highest BCUT2D eigenvalue weighted by Gasteiger charge is 2.69. The lowest BCUT2D eigenvalue weighted by Gasteiger charge is -2.64. The summed E-state index contributed by atoms with van der Waals surface area (Å²) in [4.78, 5) is 17.7. The Morgan fingerprint density at radius 2 is 1.98 bits per heavy atom. The molecule has 9 heteroatoms. The van der Waals surface area contributed by atoms with Crippen LogP contribution in [0.2, 0.25) is 0 Å². The fourth-order valence-electron chi connectivity index (χ4n) is 8.10. The average Bonchev–Trinajstić information content (AvgIpc) is 3.69. The molecule has 240 valence electrons. The Kier molecular flexibility index (Phi) is 8.42. The monoisotopic (exact) mass is 629 g/mol. The van der Waals surface area contributed by atoms with Gasteiger partial charge in [0.25, 0.3) is 0 Å². The molecule has 0 spiro atoms. The number of nitrogens with one attached hydrogen (secondary N) is 1. The predicted octanol–water partition coefficient (Wildman–Crippen LogP) is 6.99. The van der Waals surface area contributed by atoms with Gasteiger partial charge in [0, 0.05) is 18.0 Å². The molecule has 3 saturated carbocycles. The van der Waals surface area contributed by atoms with Gasteiger partial charge in [0.05, 0.1) is 48.2 Å². The molecule has 3 heterocycles. The van der Waals surface area contributed by atoms with Crippen LogP contribution in [0, 0.1) is 28.6 Å². The minimum atomic E-state index is -0.668. The fourth-order valence-corrected chi connectivity index (χ4v) is 8.10. The molecule has 6 atom stereocenters. The summed E-state index contributed by atoms with van der Waals surface area (Å²) in [6.07, 6.45) is 8.31. The Balaban J connectivity index is 1.02. The predicted molar refractivity (Wildman–Crippen MR) is 179 cm³/mol. The minimum Gasteiger partial charge on any atom is -0.464 e. The van der Waals surface area contributed by atoms with Crippen molar-refractivity contribution >= 4 is 24.2 Å². The number of hydrogen-bond acceptors (Lipinski definition) is 7. The molecule has 8 nitrogen and oxygen atoms in total. The Morgan fingerprint density at radius 3 is 2.77 bits per heavy atom. The maximum absolute atomic E-state index is 13.3. The van der Waals surface area contributed by atoms with Crippen molar-refractivity contribution in [2.75, 3.05) is 6.61 Å². The van der Waals surface area contributed by atoms with Gasteiger partial charge in [-0.1, -0.05) is 68.5 Å². The number of alkyl carbamates (subject to hydrolysis) is 1. The number of rotatable bonds is 11. The molecule has 2 aromatic heterocycles. The van der Waals surface area contributed by atoms with E-state index in [2.05, 4.69) is 42.9 Å². The van der Waals surface area contributed by atoms with Crippen molar-refractivity contribution in [3.63, 3.8) is 0 Å². The maximum atomic E-state index is 13.3. The molecule has 4 fully saturated rings. The van der Waals surface area contributed by atoms with E-state index in [1.165, 1.54) is 0 Å². The van der Waals surface area contributed by atoms with Gasteiger partial charge in [-0.3, -0.25) is 4.98 Å². The van der Waals surface area contributed by atoms with Crippen molar-refractivity contribution in [3.05, 3.63) is 114 Å². The van der Waals surface area contributed by atoms with E-state index in [4.69, 9.17) is 18.5 Å². The summed E-state index contributed by atoms with van der Waals surface area (Å²) in [5.41, 5.74) is 4.13. The SMILES string of the molecule is C=C[C@@]12OB(C(Cc3coc4ccccc34)NC(=O)OCCc3cccc(CC(C#N)c4ccccn4)c3)O[C@@H]1C[C@@H]1C[C@H]2C1(C)C. The first-order chi connectivity index (χ1) is 22.8. The van der Waals surface area contributed by atoms with Crippen molar-refractivity contribution in [2.24, 2.45) is 17.3 Å². The Labute approximate surface area is 276 Å². The average molecular weight is 630 g/mol. The fraction of sp³-hybridized carbons (Fsp3) is 0.395. The van der Waals surface area contributed by atoms with Crippen LogP contribution in [0.5, 0.6) is 0 Å². The number of ether oxygens (including phenoxy) is 1. The van der Waals surface area contributed by atoms with E-state index >= 15 is 0 Å². The minimum absolute atomic E-state index is 0.103. The third kappa shape index (κ3) is 5.85. The summed E-state index contributed by atoms with van der Waals surface area (Å²) in [5, 5.41) is 13.8. The molecule has 1 N–H and O–H groups in total. The number of nitrogens with zero attached hydrogens (tertiary/aromatic N) is 2. The van der Waals surface area contributed by atoms with Gasteiger partial charge >= 0.3 is 13.2 Å². The summed E-state index contributed by atoms with van der Waals surface area (Å²) in [6.45, 7) is 9.01. The molecule has 2 unspecified atom stereocenters. The van der Waals surface area contributed by atoms with Crippen molar-refractivity contribution in [1.82, 2.24) is 10.3 Å². The summed E-state index contributed by atoms with van der Waals surface area (Å²) in [7, 11) is -0.668. The Bertz CT molecular complexity index is 1800. The van der Waals surface area contributed by atoms with Crippen LogP contribution >= 0.6 is 0 Å². The van der Waals surface area contributed by atoms with Crippen LogP contribution in [0.25, 0.3) is 11.0 Å². The van der Waals surface area contributed by atoms with Gasteiger partial charge in [0.1, 0.15) is 5.58 Å². The van der Waals surface area contributed by atoms with Gasteiger partial charge in [0.2, 0.25) is 0 Å². The Morgan fingerprint density at radius 1 is 1.15 bits per heavy atom. The van der Waals surface area contributed by atoms with E-state index in [0.717, 1.165) is 46.2 Å². The van der Waals surface area contributed by atoms with Crippen LogP contribution in [0.4, 0.5) is 4.79 Å². The van der Waals surface area contributed by atoms with Crippen LogP contribution in [0.3, 0.4) is 0 Å². The lowest BCUT2D eigenvalue weighted by molar-refractivity contribution is -0.186. The molecule has 4 aromatic rings. The van der Waals surface area contributed by atoms with Gasteiger partial charge in [0.15, 0.2) is 0 Å². The summed E-state index contributed by atoms with van der Waals surface area (Å²) >= 11 is 0. The number of benzene rings is 2. The van der Waals surface area contributed by atoms with Crippen LogP contribution in [-0.4, -0.2) is 42.4 Å². The smallest absolute Gasteiger partial charge is 0.464 e. The van der Waals surface area contributed by atoms with Crippen LogP contribution in [-0.2, 0) is 33.3 Å². The normalized spacial score (nSPS) is 25.2. The molecule has 1 amide bonds. The lowest BCUT2D eigenvalue weighted by Crippen LogP contribution is -2.66.